The van der Waals surface area contributed by atoms with Gasteiger partial charge in [0.05, 0.1) is 23.8 Å². The van der Waals surface area contributed by atoms with Crippen molar-refractivity contribution in [3.63, 3.8) is 0 Å². The fourth-order valence-electron chi connectivity index (χ4n) is 6.46. The lowest BCUT2D eigenvalue weighted by molar-refractivity contribution is -0.0881. The molecule has 1 aromatic heterocycles. The Balaban J connectivity index is 1.39. The molecule has 0 aliphatic rings. The number of aromatic nitrogens is 3. The van der Waals surface area contributed by atoms with Gasteiger partial charge in [0.2, 0.25) is 0 Å². The molecular formula is C39H39F2N3O7P2. The molecule has 6 rings (SSSR count). The van der Waals surface area contributed by atoms with E-state index in [9.17, 15) is 28.0 Å². The van der Waals surface area contributed by atoms with Crippen LogP contribution >= 0.6 is 15.2 Å². The van der Waals surface area contributed by atoms with E-state index in [0.29, 0.717) is 42.0 Å². The third kappa shape index (κ3) is 8.82. The van der Waals surface area contributed by atoms with Gasteiger partial charge in [0.1, 0.15) is 16.6 Å². The normalized spacial score (nSPS) is 13.3. The minimum absolute atomic E-state index is 0.160. The topological polar surface area (TPSA) is 133 Å². The van der Waals surface area contributed by atoms with Crippen LogP contribution in [0.3, 0.4) is 0 Å². The summed E-state index contributed by atoms with van der Waals surface area (Å²) in [4.78, 5) is 20.3. The highest BCUT2D eigenvalue weighted by atomic mass is 31.2. The first-order chi connectivity index (χ1) is 25.4. The highest BCUT2D eigenvalue weighted by molar-refractivity contribution is 7.60. The number of para-hydroxylation sites is 1. The van der Waals surface area contributed by atoms with Crippen LogP contribution in [-0.4, -0.2) is 31.4 Å². The Morgan fingerprint density at radius 2 is 1.34 bits per heavy atom. The van der Waals surface area contributed by atoms with Crippen molar-refractivity contribution >= 4 is 31.5 Å². The molecule has 276 valence electrons. The minimum atomic E-state index is -4.64. The van der Waals surface area contributed by atoms with E-state index >= 15 is 0 Å². The van der Waals surface area contributed by atoms with Gasteiger partial charge in [-0.3, -0.25) is 9.13 Å². The molecular weight excluding hydrogens is 722 g/mol. The van der Waals surface area contributed by atoms with Gasteiger partial charge in [0.15, 0.2) is 0 Å². The largest absolute Gasteiger partial charge is 0.493 e. The molecule has 0 saturated heterocycles. The van der Waals surface area contributed by atoms with Crippen LogP contribution in [0.5, 0.6) is 5.75 Å². The van der Waals surface area contributed by atoms with E-state index in [0.717, 1.165) is 34.2 Å². The fraction of sp³-hybridized carbons (Fsp3) is 0.231. The quantitative estimate of drug-likeness (QED) is 0.0927. The molecule has 0 aliphatic carbocycles. The van der Waals surface area contributed by atoms with Crippen molar-refractivity contribution in [2.75, 3.05) is 6.61 Å². The molecule has 0 amide bonds. The predicted molar refractivity (Wildman–Crippen MR) is 199 cm³/mol. The van der Waals surface area contributed by atoms with Gasteiger partial charge in [0.25, 0.3) is 0 Å². The van der Waals surface area contributed by atoms with Crippen molar-refractivity contribution in [3.05, 3.63) is 144 Å². The van der Waals surface area contributed by atoms with Gasteiger partial charge in [-0.15, -0.1) is 14.6 Å². The average Bonchev–Trinajstić information content (AvgIpc) is 3.60. The number of hydrogen-bond acceptors (Lipinski definition) is 7. The van der Waals surface area contributed by atoms with E-state index in [1.165, 1.54) is 6.07 Å². The zero-order valence-corrected chi connectivity index (χ0v) is 30.9. The second-order valence-corrected chi connectivity index (χ2v) is 16.8. The summed E-state index contributed by atoms with van der Waals surface area (Å²) in [6.07, 6.45) is 1.02. The molecule has 10 nitrogen and oxygen atoms in total. The lowest BCUT2D eigenvalue weighted by Crippen LogP contribution is -2.40. The predicted octanol–water partition coefficient (Wildman–Crippen LogP) is 9.05. The molecule has 2 N–H and O–H groups in total. The first kappa shape index (κ1) is 38.2. The van der Waals surface area contributed by atoms with Crippen molar-refractivity contribution in [1.82, 2.24) is 15.0 Å². The Morgan fingerprint density at radius 1 is 0.755 bits per heavy atom. The molecule has 0 saturated carbocycles. The van der Waals surface area contributed by atoms with E-state index in [-0.39, 0.29) is 11.1 Å². The average molecular weight is 762 g/mol. The van der Waals surface area contributed by atoms with Crippen LogP contribution in [0.15, 0.2) is 121 Å². The molecule has 1 heterocycles. The summed E-state index contributed by atoms with van der Waals surface area (Å²) in [6.45, 7) is 4.45. The van der Waals surface area contributed by atoms with Gasteiger partial charge in [0, 0.05) is 12.8 Å². The van der Waals surface area contributed by atoms with Crippen molar-refractivity contribution in [3.8, 4) is 16.9 Å². The Labute approximate surface area is 305 Å². The summed E-state index contributed by atoms with van der Waals surface area (Å²) in [5.74, 6) is 0.547. The molecule has 0 aliphatic heterocycles. The molecule has 1 unspecified atom stereocenters. The van der Waals surface area contributed by atoms with Crippen LogP contribution in [0.1, 0.15) is 42.5 Å². The lowest BCUT2D eigenvalue weighted by atomic mass is 9.78. The third-order valence-corrected chi connectivity index (χ3v) is 11.3. The number of rotatable bonds is 16. The molecule has 5 aromatic carbocycles. The standard InChI is InChI=1S/C39H39F2N3O7P2/c1-28(2)22-23-49-37-21-20-33(24-38(37)53(46,47)48)32-18-16-30(17-19-32)26-39(34-8-4-3-5-9-34,44-36-11-7-6-10-35(36)42-43-44)25-29-12-14-31(15-13-29)27-52(45,50-40)51-41/h3-21,24,28H,22-23,25-27H2,1-2H3,(H2,46,47,48). The second kappa shape index (κ2) is 16.2. The minimum Gasteiger partial charge on any atom is -0.493 e. The number of fused-ring (bicyclic) bond motifs is 1. The van der Waals surface area contributed by atoms with Gasteiger partial charge in [-0.05, 0) is 79.0 Å². The van der Waals surface area contributed by atoms with Crippen LogP contribution in [0, 0.1) is 5.92 Å². The van der Waals surface area contributed by atoms with E-state index in [1.807, 2.05) is 83.5 Å². The fourth-order valence-corrected chi connectivity index (χ4v) is 7.97. The summed E-state index contributed by atoms with van der Waals surface area (Å²) in [5.41, 5.74) is 5.17. The lowest BCUT2D eigenvalue weighted by Gasteiger charge is -2.36. The summed E-state index contributed by atoms with van der Waals surface area (Å²) in [6, 6.07) is 37.1. The van der Waals surface area contributed by atoms with Crippen molar-refractivity contribution < 1.29 is 42.2 Å². The Morgan fingerprint density at radius 3 is 1.96 bits per heavy atom. The smallest absolute Gasteiger partial charge is 0.399 e. The monoisotopic (exact) mass is 761 g/mol. The van der Waals surface area contributed by atoms with E-state index < -0.39 is 26.9 Å². The first-order valence-corrected chi connectivity index (χ1v) is 20.3. The van der Waals surface area contributed by atoms with Crippen molar-refractivity contribution in [2.24, 2.45) is 5.92 Å². The molecule has 0 radical (unpaired) electrons. The maximum absolute atomic E-state index is 12.8. The zero-order valence-electron chi connectivity index (χ0n) is 29.1. The maximum Gasteiger partial charge on any atom is 0.399 e. The van der Waals surface area contributed by atoms with Crippen LogP contribution in [-0.2, 0) is 43.1 Å². The summed E-state index contributed by atoms with van der Waals surface area (Å²) in [5, 5.41) is 9.02. The van der Waals surface area contributed by atoms with E-state index in [4.69, 9.17) is 4.74 Å². The van der Waals surface area contributed by atoms with Crippen LogP contribution in [0.4, 0.5) is 9.05 Å². The van der Waals surface area contributed by atoms with Gasteiger partial charge in [-0.25, -0.2) is 4.68 Å². The molecule has 14 heteroatoms. The second-order valence-electron chi connectivity index (χ2n) is 13.4. The highest BCUT2D eigenvalue weighted by Crippen LogP contribution is 2.52. The van der Waals surface area contributed by atoms with Gasteiger partial charge in [-0.1, -0.05) is 116 Å². The Hall–Kier alpha value is -4.54. The van der Waals surface area contributed by atoms with Gasteiger partial charge in [-0.2, -0.15) is 0 Å². The SMILES string of the molecule is CC(C)CCOc1ccc(-c2ccc(CC(Cc3ccc(CP(=O)(OF)OF)cc3)(c3ccccc3)n3nnc4ccccc43)cc2)cc1P(=O)(O)O. The number of nitrogens with zero attached hydrogens (tertiary/aromatic N) is 3. The Kier molecular flexibility index (Phi) is 11.7. The van der Waals surface area contributed by atoms with Crippen LogP contribution in [0.25, 0.3) is 22.2 Å². The first-order valence-electron chi connectivity index (χ1n) is 17.0. The van der Waals surface area contributed by atoms with Crippen LogP contribution < -0.4 is 10.0 Å². The summed E-state index contributed by atoms with van der Waals surface area (Å²) < 4.78 is 64.5. The van der Waals surface area contributed by atoms with Crippen molar-refractivity contribution in [2.45, 2.75) is 44.8 Å². The van der Waals surface area contributed by atoms with E-state index in [2.05, 4.69) is 33.6 Å². The van der Waals surface area contributed by atoms with Gasteiger partial charge >= 0.3 is 15.2 Å². The number of hydrogen-bond donors (Lipinski definition) is 2. The van der Waals surface area contributed by atoms with E-state index in [1.54, 1.807) is 36.4 Å². The van der Waals surface area contributed by atoms with Crippen LogP contribution in [0.2, 0.25) is 0 Å². The summed E-state index contributed by atoms with van der Waals surface area (Å²) >= 11 is 0. The highest BCUT2D eigenvalue weighted by Gasteiger charge is 2.38. The number of halogens is 2. The van der Waals surface area contributed by atoms with Gasteiger partial charge < -0.3 is 14.5 Å². The summed E-state index contributed by atoms with van der Waals surface area (Å²) in [7, 11) is -9.21. The number of ether oxygens (including phenoxy) is 1. The molecule has 1 atom stereocenters. The molecule has 0 bridgehead atoms. The maximum atomic E-state index is 12.8. The molecule has 0 spiro atoms. The third-order valence-electron chi connectivity index (χ3n) is 9.18. The Bertz CT molecular complexity index is 2240. The molecule has 6 aromatic rings. The molecule has 0 fully saturated rings. The zero-order chi connectivity index (χ0) is 37.6. The van der Waals surface area contributed by atoms with Crippen molar-refractivity contribution in [1.29, 1.82) is 0 Å². The number of benzene rings is 5. The molecule has 53 heavy (non-hydrogen) atoms.